The summed E-state index contributed by atoms with van der Waals surface area (Å²) in [6.07, 6.45) is 1.49. The molecule has 0 aliphatic carbocycles. The third kappa shape index (κ3) is 5.03. The minimum Gasteiger partial charge on any atom is -0.481 e. The molecule has 0 aromatic rings. The van der Waals surface area contributed by atoms with Gasteiger partial charge in [-0.25, -0.2) is 0 Å². The van der Waals surface area contributed by atoms with Crippen molar-refractivity contribution in [3.63, 3.8) is 0 Å². The van der Waals surface area contributed by atoms with Crippen molar-refractivity contribution in [1.29, 1.82) is 0 Å². The number of hydrogen-bond donors (Lipinski definition) is 2. The fraction of sp³-hybridized carbons (Fsp3) is 0.500. The molecular weight excluding hydrogens is 120 g/mol. The van der Waals surface area contributed by atoms with Gasteiger partial charge in [-0.1, -0.05) is 11.6 Å². The van der Waals surface area contributed by atoms with Crippen LogP contribution in [0.3, 0.4) is 0 Å². The number of carboxylic acids is 1. The molecule has 9 heavy (non-hydrogen) atoms. The quantitative estimate of drug-likeness (QED) is 0.543. The number of aliphatic hydroxyl groups is 1. The Morgan fingerprint density at radius 2 is 2.22 bits per heavy atom. The van der Waals surface area contributed by atoms with Crippen molar-refractivity contribution < 1.29 is 15.0 Å². The molecule has 0 atom stereocenters. The van der Waals surface area contributed by atoms with Gasteiger partial charge in [0.1, 0.15) is 0 Å². The lowest BCUT2D eigenvalue weighted by Gasteiger charge is -1.91. The van der Waals surface area contributed by atoms with Crippen molar-refractivity contribution in [3.05, 3.63) is 11.6 Å². The van der Waals surface area contributed by atoms with E-state index in [1.807, 2.05) is 0 Å². The molecule has 52 valence electrons. The Morgan fingerprint density at radius 3 is 2.56 bits per heavy atom. The fourth-order valence-corrected chi connectivity index (χ4v) is 0.467. The monoisotopic (exact) mass is 130 g/mol. The van der Waals surface area contributed by atoms with Gasteiger partial charge in [-0.2, -0.15) is 0 Å². The van der Waals surface area contributed by atoms with E-state index in [0.717, 1.165) is 0 Å². The van der Waals surface area contributed by atoms with Crippen LogP contribution in [0.2, 0.25) is 0 Å². The van der Waals surface area contributed by atoms with E-state index in [4.69, 9.17) is 10.2 Å². The van der Waals surface area contributed by atoms with Crippen LogP contribution in [-0.4, -0.2) is 22.8 Å². The van der Waals surface area contributed by atoms with Crippen LogP contribution in [0, 0.1) is 0 Å². The average Bonchev–Trinajstić information content (AvgIpc) is 1.63. The van der Waals surface area contributed by atoms with Crippen LogP contribution in [0.1, 0.15) is 13.3 Å². The van der Waals surface area contributed by atoms with Gasteiger partial charge in [0.05, 0.1) is 13.0 Å². The number of aliphatic carboxylic acids is 1. The van der Waals surface area contributed by atoms with Crippen LogP contribution in [-0.2, 0) is 4.79 Å². The highest BCUT2D eigenvalue weighted by molar-refractivity contribution is 5.69. The molecule has 0 rings (SSSR count). The zero-order chi connectivity index (χ0) is 7.28. The average molecular weight is 130 g/mol. The summed E-state index contributed by atoms with van der Waals surface area (Å²) in [6.45, 7) is 1.59. The highest BCUT2D eigenvalue weighted by Crippen LogP contribution is 1.97. The minimum absolute atomic E-state index is 0.0144. The van der Waals surface area contributed by atoms with Crippen LogP contribution in [0.4, 0.5) is 0 Å². The Hall–Kier alpha value is -0.830. The molecule has 0 aliphatic rings. The van der Waals surface area contributed by atoms with Gasteiger partial charge in [-0.3, -0.25) is 4.79 Å². The Morgan fingerprint density at radius 1 is 1.67 bits per heavy atom. The van der Waals surface area contributed by atoms with Crippen molar-refractivity contribution in [2.75, 3.05) is 6.61 Å². The number of carboxylic acid groups (broad SMARTS) is 1. The van der Waals surface area contributed by atoms with Crippen molar-refractivity contribution in [2.24, 2.45) is 0 Å². The minimum atomic E-state index is -0.864. The molecular formula is C6H10O3. The summed E-state index contributed by atoms with van der Waals surface area (Å²) in [6, 6.07) is 0. The maximum atomic E-state index is 9.96. The summed E-state index contributed by atoms with van der Waals surface area (Å²) < 4.78 is 0. The molecule has 0 aromatic carbocycles. The summed E-state index contributed by atoms with van der Waals surface area (Å²) >= 11 is 0. The maximum Gasteiger partial charge on any atom is 0.307 e. The van der Waals surface area contributed by atoms with Gasteiger partial charge >= 0.3 is 5.97 Å². The molecule has 2 N–H and O–H groups in total. The molecule has 0 spiro atoms. The molecule has 0 aliphatic heterocycles. The number of aliphatic hydroxyl groups excluding tert-OH is 1. The predicted octanol–water partition coefficient (Wildman–Crippen LogP) is 0.400. The first kappa shape index (κ1) is 8.17. The van der Waals surface area contributed by atoms with Gasteiger partial charge in [0.15, 0.2) is 0 Å². The van der Waals surface area contributed by atoms with Gasteiger partial charge < -0.3 is 10.2 Å². The summed E-state index contributed by atoms with van der Waals surface area (Å²) in [5, 5.41) is 16.5. The zero-order valence-electron chi connectivity index (χ0n) is 5.29. The molecule has 0 unspecified atom stereocenters. The van der Waals surface area contributed by atoms with Crippen LogP contribution < -0.4 is 0 Å². The first-order chi connectivity index (χ1) is 4.16. The third-order valence-electron chi connectivity index (χ3n) is 0.870. The molecule has 0 bridgehead atoms. The Kier molecular flexibility index (Phi) is 3.71. The molecule has 3 nitrogen and oxygen atoms in total. The fourth-order valence-electron chi connectivity index (χ4n) is 0.467. The van der Waals surface area contributed by atoms with Gasteiger partial charge in [0, 0.05) is 0 Å². The zero-order valence-corrected chi connectivity index (χ0v) is 5.29. The van der Waals surface area contributed by atoms with E-state index >= 15 is 0 Å². The lowest BCUT2D eigenvalue weighted by molar-refractivity contribution is -0.136. The largest absolute Gasteiger partial charge is 0.481 e. The van der Waals surface area contributed by atoms with Crippen LogP contribution >= 0.6 is 0 Å². The van der Waals surface area contributed by atoms with E-state index in [1.165, 1.54) is 6.08 Å². The second-order valence-electron chi connectivity index (χ2n) is 1.80. The van der Waals surface area contributed by atoms with Gasteiger partial charge in [0.25, 0.3) is 0 Å². The highest BCUT2D eigenvalue weighted by Gasteiger charge is 1.95. The smallest absolute Gasteiger partial charge is 0.307 e. The van der Waals surface area contributed by atoms with E-state index in [1.54, 1.807) is 6.92 Å². The SMILES string of the molecule is CC(=CCO)CC(=O)O. The van der Waals surface area contributed by atoms with Gasteiger partial charge in [0.2, 0.25) is 0 Å². The maximum absolute atomic E-state index is 9.96. The lowest BCUT2D eigenvalue weighted by Crippen LogP contribution is -1.95. The molecule has 3 heteroatoms. The van der Waals surface area contributed by atoms with E-state index < -0.39 is 5.97 Å². The predicted molar refractivity (Wildman–Crippen MR) is 33.1 cm³/mol. The van der Waals surface area contributed by atoms with Crippen molar-refractivity contribution in [2.45, 2.75) is 13.3 Å². The van der Waals surface area contributed by atoms with Crippen LogP contribution in [0.15, 0.2) is 11.6 Å². The number of rotatable bonds is 3. The topological polar surface area (TPSA) is 57.5 Å². The molecule has 0 saturated carbocycles. The van der Waals surface area contributed by atoms with Gasteiger partial charge in [-0.05, 0) is 6.92 Å². The van der Waals surface area contributed by atoms with Gasteiger partial charge in [-0.15, -0.1) is 0 Å². The third-order valence-corrected chi connectivity index (χ3v) is 0.870. The first-order valence-electron chi connectivity index (χ1n) is 2.65. The van der Waals surface area contributed by atoms with E-state index in [9.17, 15) is 4.79 Å². The second kappa shape index (κ2) is 4.09. The molecule has 0 saturated heterocycles. The van der Waals surface area contributed by atoms with Crippen molar-refractivity contribution in [1.82, 2.24) is 0 Å². The number of hydrogen-bond acceptors (Lipinski definition) is 2. The summed E-state index contributed by atoms with van der Waals surface area (Å²) in [7, 11) is 0. The summed E-state index contributed by atoms with van der Waals surface area (Å²) in [4.78, 5) is 9.96. The van der Waals surface area contributed by atoms with E-state index in [2.05, 4.69) is 0 Å². The molecule has 0 heterocycles. The molecule has 0 aromatic heterocycles. The number of carbonyl (C=O) groups is 1. The normalized spacial score (nSPS) is 11.6. The summed E-state index contributed by atoms with van der Waals surface area (Å²) in [5.41, 5.74) is 0.685. The Labute approximate surface area is 53.6 Å². The second-order valence-corrected chi connectivity index (χ2v) is 1.80. The lowest BCUT2D eigenvalue weighted by atomic mass is 10.2. The van der Waals surface area contributed by atoms with Crippen LogP contribution in [0.25, 0.3) is 0 Å². The van der Waals surface area contributed by atoms with Crippen molar-refractivity contribution in [3.8, 4) is 0 Å². The molecule has 0 amide bonds. The van der Waals surface area contributed by atoms with Crippen LogP contribution in [0.5, 0.6) is 0 Å². The van der Waals surface area contributed by atoms with E-state index in [-0.39, 0.29) is 13.0 Å². The highest BCUT2D eigenvalue weighted by atomic mass is 16.4. The first-order valence-corrected chi connectivity index (χ1v) is 2.65. The van der Waals surface area contributed by atoms with Crippen molar-refractivity contribution >= 4 is 5.97 Å². The Balaban J connectivity index is 3.62. The summed E-state index contributed by atoms with van der Waals surface area (Å²) in [5.74, 6) is -0.864. The molecule has 0 fully saturated rings. The van der Waals surface area contributed by atoms with E-state index in [0.29, 0.717) is 5.57 Å². The standard InChI is InChI=1S/C6H10O3/c1-5(2-3-7)4-6(8)9/h2,7H,3-4H2,1H3,(H,8,9). The molecule has 0 radical (unpaired) electrons. The Bertz CT molecular complexity index is 126.